The third-order valence-electron chi connectivity index (χ3n) is 1.69. The second kappa shape index (κ2) is 3.40. The minimum Gasteiger partial charge on any atom is -0.0775 e. The molecule has 0 atom stereocenters. The molecule has 0 heterocycles. The Morgan fingerprint density at radius 1 is 1.30 bits per heavy atom. The molecule has 10 heavy (non-hydrogen) atoms. The first-order valence-electron chi connectivity index (χ1n) is 3.95. The maximum atomic E-state index is 2.25. The van der Waals surface area contributed by atoms with Crippen molar-refractivity contribution in [3.05, 3.63) is 35.5 Å². The van der Waals surface area contributed by atoms with Crippen molar-refractivity contribution >= 4 is 0 Å². The van der Waals surface area contributed by atoms with Crippen molar-refractivity contribution in [2.45, 2.75) is 26.7 Å². The average molecular weight is 134 g/mol. The van der Waals surface area contributed by atoms with Crippen molar-refractivity contribution in [1.82, 2.24) is 0 Å². The molecule has 0 radical (unpaired) electrons. The number of hydrogen-bond donors (Lipinski definition) is 0. The summed E-state index contributed by atoms with van der Waals surface area (Å²) in [7, 11) is 0. The lowest BCUT2D eigenvalue weighted by atomic mass is 10.2. The van der Waals surface area contributed by atoms with Crippen LogP contribution in [0.4, 0.5) is 0 Å². The van der Waals surface area contributed by atoms with Crippen LogP contribution >= 0.6 is 0 Å². The molecule has 1 rings (SSSR count). The van der Waals surface area contributed by atoms with Gasteiger partial charge in [0, 0.05) is 0 Å². The van der Waals surface area contributed by atoms with Gasteiger partial charge in [-0.3, -0.25) is 0 Å². The molecule has 0 aromatic carbocycles. The average Bonchev–Trinajstić information content (AvgIpc) is 2.37. The summed E-state index contributed by atoms with van der Waals surface area (Å²) in [6.45, 7) is 4.35. The Balaban J connectivity index is 2.65. The van der Waals surface area contributed by atoms with Gasteiger partial charge in [-0.25, -0.2) is 0 Å². The van der Waals surface area contributed by atoms with E-state index in [1.54, 1.807) is 0 Å². The molecule has 0 amide bonds. The standard InChI is InChI=1S/C10H14/c1-3-5-10-7-6-9(4-2)8-10/h5-8H,3-4H2,1-2H3. The molecule has 0 heteroatoms. The highest BCUT2D eigenvalue weighted by Crippen LogP contribution is 2.17. The molecule has 0 unspecified atom stereocenters. The Bertz CT molecular complexity index is 192. The normalized spacial score (nSPS) is 20.2. The molecule has 54 valence electrons. The van der Waals surface area contributed by atoms with Gasteiger partial charge in [0.25, 0.3) is 0 Å². The molecule has 0 spiro atoms. The fraction of sp³-hybridized carbons (Fsp3) is 0.400. The van der Waals surface area contributed by atoms with Crippen molar-refractivity contribution in [3.63, 3.8) is 0 Å². The van der Waals surface area contributed by atoms with Gasteiger partial charge in [-0.2, -0.15) is 0 Å². The van der Waals surface area contributed by atoms with Crippen molar-refractivity contribution in [1.29, 1.82) is 0 Å². The lowest BCUT2D eigenvalue weighted by molar-refractivity contribution is 1.16. The fourth-order valence-corrected chi connectivity index (χ4v) is 1.10. The van der Waals surface area contributed by atoms with E-state index in [1.165, 1.54) is 11.1 Å². The van der Waals surface area contributed by atoms with Crippen molar-refractivity contribution in [2.24, 2.45) is 0 Å². The minimum absolute atomic E-state index is 1.13. The first-order valence-corrected chi connectivity index (χ1v) is 3.95. The van der Waals surface area contributed by atoms with E-state index in [-0.39, 0.29) is 0 Å². The van der Waals surface area contributed by atoms with Crippen LogP contribution < -0.4 is 0 Å². The van der Waals surface area contributed by atoms with Crippen LogP contribution in [0.3, 0.4) is 0 Å². The highest BCUT2D eigenvalue weighted by molar-refractivity contribution is 5.45. The topological polar surface area (TPSA) is 0 Å². The molecule has 0 aromatic heterocycles. The second-order valence-electron chi connectivity index (χ2n) is 2.52. The summed E-state index contributed by atoms with van der Waals surface area (Å²) in [6, 6.07) is 0. The molecular weight excluding hydrogens is 120 g/mol. The predicted octanol–water partition coefficient (Wildman–Crippen LogP) is 3.23. The van der Waals surface area contributed by atoms with Crippen molar-refractivity contribution in [3.8, 4) is 0 Å². The smallest absolute Gasteiger partial charge is 0.0294 e. The highest BCUT2D eigenvalue weighted by atomic mass is 14.0. The van der Waals surface area contributed by atoms with Gasteiger partial charge in [0.05, 0.1) is 0 Å². The lowest BCUT2D eigenvalue weighted by Crippen LogP contribution is -1.67. The Labute approximate surface area is 62.9 Å². The molecule has 0 nitrogen and oxygen atoms in total. The first-order chi connectivity index (χ1) is 4.86. The molecule has 0 aliphatic heterocycles. The van der Waals surface area contributed by atoms with Gasteiger partial charge in [-0.15, -0.1) is 0 Å². The van der Waals surface area contributed by atoms with Gasteiger partial charge >= 0.3 is 0 Å². The quantitative estimate of drug-likeness (QED) is 0.544. The van der Waals surface area contributed by atoms with Crippen LogP contribution in [0.25, 0.3) is 0 Å². The maximum Gasteiger partial charge on any atom is -0.0294 e. The summed E-state index contributed by atoms with van der Waals surface area (Å²) in [5.74, 6) is 0. The van der Waals surface area contributed by atoms with Crippen LogP contribution in [0.1, 0.15) is 26.7 Å². The third-order valence-corrected chi connectivity index (χ3v) is 1.69. The number of rotatable bonds is 2. The van der Waals surface area contributed by atoms with E-state index in [2.05, 4.69) is 38.2 Å². The van der Waals surface area contributed by atoms with Gasteiger partial charge in [0.15, 0.2) is 0 Å². The molecular formula is C10H14. The van der Waals surface area contributed by atoms with Crippen LogP contribution in [0.5, 0.6) is 0 Å². The fourth-order valence-electron chi connectivity index (χ4n) is 1.10. The maximum absolute atomic E-state index is 2.25. The zero-order valence-electron chi connectivity index (χ0n) is 6.72. The van der Waals surface area contributed by atoms with E-state index in [4.69, 9.17) is 0 Å². The van der Waals surface area contributed by atoms with E-state index in [1.807, 2.05) is 0 Å². The van der Waals surface area contributed by atoms with E-state index in [9.17, 15) is 0 Å². The molecule has 0 N–H and O–H groups in total. The largest absolute Gasteiger partial charge is 0.0775 e. The van der Waals surface area contributed by atoms with Crippen LogP contribution in [0.2, 0.25) is 0 Å². The predicted molar refractivity (Wildman–Crippen MR) is 45.9 cm³/mol. The molecule has 0 saturated heterocycles. The van der Waals surface area contributed by atoms with Crippen LogP contribution in [0.15, 0.2) is 35.5 Å². The van der Waals surface area contributed by atoms with E-state index in [0.717, 1.165) is 12.8 Å². The van der Waals surface area contributed by atoms with Crippen LogP contribution in [-0.2, 0) is 0 Å². The highest BCUT2D eigenvalue weighted by Gasteiger charge is 1.97. The summed E-state index contributed by atoms with van der Waals surface area (Å²) in [6.07, 6.45) is 11.2. The Kier molecular flexibility index (Phi) is 2.49. The monoisotopic (exact) mass is 134 g/mol. The van der Waals surface area contributed by atoms with E-state index < -0.39 is 0 Å². The van der Waals surface area contributed by atoms with Crippen molar-refractivity contribution < 1.29 is 0 Å². The Morgan fingerprint density at radius 2 is 2.10 bits per heavy atom. The first kappa shape index (κ1) is 7.33. The Morgan fingerprint density at radius 3 is 2.60 bits per heavy atom. The lowest BCUT2D eigenvalue weighted by Gasteiger charge is -1.87. The van der Waals surface area contributed by atoms with E-state index >= 15 is 0 Å². The summed E-state index contributed by atoms with van der Waals surface area (Å²) >= 11 is 0. The third kappa shape index (κ3) is 1.60. The summed E-state index contributed by atoms with van der Waals surface area (Å²) in [5, 5.41) is 0. The van der Waals surface area contributed by atoms with Gasteiger partial charge < -0.3 is 0 Å². The zero-order chi connectivity index (χ0) is 7.40. The van der Waals surface area contributed by atoms with Gasteiger partial charge in [0.1, 0.15) is 0 Å². The van der Waals surface area contributed by atoms with Gasteiger partial charge in [0.2, 0.25) is 0 Å². The SMILES string of the molecule is CCC=C1C=CC(CC)=C1. The van der Waals surface area contributed by atoms with Crippen molar-refractivity contribution in [2.75, 3.05) is 0 Å². The molecule has 0 bridgehead atoms. The second-order valence-corrected chi connectivity index (χ2v) is 2.52. The molecule has 1 aliphatic rings. The number of allylic oxidation sites excluding steroid dienone is 6. The van der Waals surface area contributed by atoms with Gasteiger partial charge in [-0.1, -0.05) is 38.2 Å². The molecule has 0 aromatic rings. The van der Waals surface area contributed by atoms with Gasteiger partial charge in [-0.05, 0) is 24.0 Å². The summed E-state index contributed by atoms with van der Waals surface area (Å²) in [4.78, 5) is 0. The summed E-state index contributed by atoms with van der Waals surface area (Å²) in [5.41, 5.74) is 2.82. The molecule has 1 aliphatic carbocycles. The Hall–Kier alpha value is -0.780. The molecule has 0 saturated carbocycles. The molecule has 0 fully saturated rings. The zero-order valence-corrected chi connectivity index (χ0v) is 6.72. The number of hydrogen-bond acceptors (Lipinski definition) is 0. The van der Waals surface area contributed by atoms with Crippen LogP contribution in [0, 0.1) is 0 Å². The minimum atomic E-state index is 1.13. The summed E-state index contributed by atoms with van der Waals surface area (Å²) < 4.78 is 0. The van der Waals surface area contributed by atoms with E-state index in [0.29, 0.717) is 0 Å². The van der Waals surface area contributed by atoms with Crippen LogP contribution in [-0.4, -0.2) is 0 Å².